The SMILES string of the molecule is CN1CCCN(Cc2ccco2)CC1CCO. The zero-order valence-electron chi connectivity index (χ0n) is 10.5. The van der Waals surface area contributed by atoms with Crippen LogP contribution in [0.2, 0.25) is 0 Å². The number of rotatable bonds is 4. The number of hydrogen-bond acceptors (Lipinski definition) is 4. The molecule has 0 bridgehead atoms. The van der Waals surface area contributed by atoms with Crippen molar-refractivity contribution in [3.05, 3.63) is 24.2 Å². The van der Waals surface area contributed by atoms with E-state index in [1.54, 1.807) is 6.26 Å². The van der Waals surface area contributed by atoms with Crippen molar-refractivity contribution in [1.29, 1.82) is 0 Å². The van der Waals surface area contributed by atoms with Gasteiger partial charge >= 0.3 is 0 Å². The minimum atomic E-state index is 0.267. The Hall–Kier alpha value is -0.840. The van der Waals surface area contributed by atoms with E-state index in [1.807, 2.05) is 12.1 Å². The zero-order chi connectivity index (χ0) is 12.1. The molecule has 0 saturated carbocycles. The quantitative estimate of drug-likeness (QED) is 0.854. The van der Waals surface area contributed by atoms with Gasteiger partial charge in [0.1, 0.15) is 5.76 Å². The average molecular weight is 238 g/mol. The van der Waals surface area contributed by atoms with E-state index in [9.17, 15) is 0 Å². The fraction of sp³-hybridized carbons (Fsp3) is 0.692. The Kier molecular flexibility index (Phi) is 4.59. The molecule has 1 atom stereocenters. The van der Waals surface area contributed by atoms with Gasteiger partial charge in [-0.05, 0) is 45.1 Å². The summed E-state index contributed by atoms with van der Waals surface area (Å²) in [5, 5.41) is 9.11. The van der Waals surface area contributed by atoms with Gasteiger partial charge in [-0.15, -0.1) is 0 Å². The smallest absolute Gasteiger partial charge is 0.117 e. The van der Waals surface area contributed by atoms with Gasteiger partial charge in [0.2, 0.25) is 0 Å². The predicted molar refractivity (Wildman–Crippen MR) is 66.7 cm³/mol. The standard InChI is InChI=1S/C13H22N2O2/c1-14-6-3-7-15(10-12(14)5-8-16)11-13-4-2-9-17-13/h2,4,9,12,16H,3,5-8,10-11H2,1H3. The lowest BCUT2D eigenvalue weighted by Gasteiger charge is -2.28. The Morgan fingerprint density at radius 3 is 3.06 bits per heavy atom. The fourth-order valence-electron chi connectivity index (χ4n) is 2.48. The maximum atomic E-state index is 9.11. The molecule has 1 aliphatic rings. The number of likely N-dealkylation sites (N-methyl/N-ethyl adjacent to an activating group) is 1. The highest BCUT2D eigenvalue weighted by atomic mass is 16.3. The maximum Gasteiger partial charge on any atom is 0.117 e. The molecule has 4 nitrogen and oxygen atoms in total. The lowest BCUT2D eigenvalue weighted by atomic mass is 10.2. The molecule has 1 unspecified atom stereocenters. The molecule has 2 heterocycles. The average Bonchev–Trinajstić information content (AvgIpc) is 2.74. The molecule has 1 aromatic rings. The molecule has 4 heteroatoms. The third kappa shape index (κ3) is 3.56. The second-order valence-electron chi connectivity index (χ2n) is 4.81. The summed E-state index contributed by atoms with van der Waals surface area (Å²) in [6.45, 7) is 4.37. The van der Waals surface area contributed by atoms with Crippen LogP contribution in [0.5, 0.6) is 0 Å². The first kappa shape index (κ1) is 12.6. The van der Waals surface area contributed by atoms with Crippen molar-refractivity contribution < 1.29 is 9.52 Å². The van der Waals surface area contributed by atoms with Gasteiger partial charge < -0.3 is 14.4 Å². The van der Waals surface area contributed by atoms with Gasteiger partial charge in [0.15, 0.2) is 0 Å². The van der Waals surface area contributed by atoms with Crippen LogP contribution in [0.3, 0.4) is 0 Å². The van der Waals surface area contributed by atoms with Crippen LogP contribution in [0.1, 0.15) is 18.6 Å². The molecule has 1 aliphatic heterocycles. The number of furan rings is 1. The van der Waals surface area contributed by atoms with E-state index in [-0.39, 0.29) is 6.61 Å². The first-order valence-electron chi connectivity index (χ1n) is 6.35. The molecular formula is C13H22N2O2. The largest absolute Gasteiger partial charge is 0.468 e. The Morgan fingerprint density at radius 1 is 1.47 bits per heavy atom. The van der Waals surface area contributed by atoms with E-state index in [4.69, 9.17) is 9.52 Å². The highest BCUT2D eigenvalue weighted by molar-refractivity contribution is 4.98. The van der Waals surface area contributed by atoms with Gasteiger partial charge in [-0.3, -0.25) is 4.90 Å². The topological polar surface area (TPSA) is 39.9 Å². The van der Waals surface area contributed by atoms with E-state index in [1.165, 1.54) is 6.42 Å². The molecule has 0 radical (unpaired) electrons. The van der Waals surface area contributed by atoms with Crippen LogP contribution in [0, 0.1) is 0 Å². The number of hydrogen-bond donors (Lipinski definition) is 1. The van der Waals surface area contributed by atoms with Crippen LogP contribution < -0.4 is 0 Å². The van der Waals surface area contributed by atoms with Crippen LogP contribution in [0.4, 0.5) is 0 Å². The second kappa shape index (κ2) is 6.19. The summed E-state index contributed by atoms with van der Waals surface area (Å²) in [7, 11) is 2.15. The summed E-state index contributed by atoms with van der Waals surface area (Å²) in [5.41, 5.74) is 0. The summed E-state index contributed by atoms with van der Waals surface area (Å²) in [5.74, 6) is 1.03. The summed E-state index contributed by atoms with van der Waals surface area (Å²) in [4.78, 5) is 4.78. The van der Waals surface area contributed by atoms with Crippen LogP contribution in [0.25, 0.3) is 0 Å². The molecule has 1 aromatic heterocycles. The highest BCUT2D eigenvalue weighted by Crippen LogP contribution is 2.14. The highest BCUT2D eigenvalue weighted by Gasteiger charge is 2.22. The molecule has 1 fully saturated rings. The predicted octanol–water partition coefficient (Wildman–Crippen LogP) is 1.17. The molecule has 1 N–H and O–H groups in total. The third-order valence-corrected chi connectivity index (χ3v) is 3.50. The van der Waals surface area contributed by atoms with Crippen LogP contribution in [-0.2, 0) is 6.54 Å². The first-order valence-corrected chi connectivity index (χ1v) is 6.35. The van der Waals surface area contributed by atoms with E-state index in [2.05, 4.69) is 16.8 Å². The van der Waals surface area contributed by atoms with E-state index in [0.29, 0.717) is 6.04 Å². The van der Waals surface area contributed by atoms with E-state index in [0.717, 1.165) is 38.4 Å². The van der Waals surface area contributed by atoms with Gasteiger partial charge in [0, 0.05) is 19.2 Å². The second-order valence-corrected chi connectivity index (χ2v) is 4.81. The minimum absolute atomic E-state index is 0.267. The monoisotopic (exact) mass is 238 g/mol. The minimum Gasteiger partial charge on any atom is -0.468 e. The molecule has 0 spiro atoms. The van der Waals surface area contributed by atoms with Crippen molar-refractivity contribution in [2.24, 2.45) is 0 Å². The number of nitrogens with zero attached hydrogens (tertiary/aromatic N) is 2. The van der Waals surface area contributed by atoms with Gasteiger partial charge in [-0.1, -0.05) is 0 Å². The Morgan fingerprint density at radius 2 is 2.35 bits per heavy atom. The molecule has 2 rings (SSSR count). The maximum absolute atomic E-state index is 9.11. The van der Waals surface area contributed by atoms with Gasteiger partial charge in [-0.2, -0.15) is 0 Å². The number of aliphatic hydroxyl groups excluding tert-OH is 1. The van der Waals surface area contributed by atoms with Crippen molar-refractivity contribution in [3.8, 4) is 0 Å². The lowest BCUT2D eigenvalue weighted by Crippen LogP contribution is -2.39. The lowest BCUT2D eigenvalue weighted by molar-refractivity contribution is 0.158. The third-order valence-electron chi connectivity index (χ3n) is 3.50. The van der Waals surface area contributed by atoms with Crippen molar-refractivity contribution in [2.45, 2.75) is 25.4 Å². The summed E-state index contributed by atoms with van der Waals surface area (Å²) in [6.07, 6.45) is 3.76. The molecular weight excluding hydrogens is 216 g/mol. The van der Waals surface area contributed by atoms with Gasteiger partial charge in [0.25, 0.3) is 0 Å². The van der Waals surface area contributed by atoms with Crippen molar-refractivity contribution in [1.82, 2.24) is 9.80 Å². The van der Waals surface area contributed by atoms with Gasteiger partial charge in [0.05, 0.1) is 12.8 Å². The van der Waals surface area contributed by atoms with E-state index >= 15 is 0 Å². The molecule has 0 amide bonds. The molecule has 96 valence electrons. The first-order chi connectivity index (χ1) is 8.29. The van der Waals surface area contributed by atoms with Crippen LogP contribution in [0.15, 0.2) is 22.8 Å². The normalized spacial score (nSPS) is 23.8. The van der Waals surface area contributed by atoms with E-state index < -0.39 is 0 Å². The summed E-state index contributed by atoms with van der Waals surface area (Å²) >= 11 is 0. The Bertz CT molecular complexity index is 313. The van der Waals surface area contributed by atoms with Crippen molar-refractivity contribution >= 4 is 0 Å². The molecule has 0 aromatic carbocycles. The van der Waals surface area contributed by atoms with Crippen molar-refractivity contribution in [2.75, 3.05) is 33.3 Å². The van der Waals surface area contributed by atoms with Crippen molar-refractivity contribution in [3.63, 3.8) is 0 Å². The molecule has 17 heavy (non-hydrogen) atoms. The summed E-state index contributed by atoms with van der Waals surface area (Å²) in [6, 6.07) is 4.41. The zero-order valence-corrected chi connectivity index (χ0v) is 10.5. The molecule has 1 saturated heterocycles. The van der Waals surface area contributed by atoms with Crippen LogP contribution >= 0.6 is 0 Å². The molecule has 0 aliphatic carbocycles. The Labute approximate surface area is 103 Å². The summed E-state index contributed by atoms with van der Waals surface area (Å²) < 4.78 is 5.39. The number of aliphatic hydroxyl groups is 1. The Balaban J connectivity index is 1.93. The van der Waals surface area contributed by atoms with Crippen LogP contribution in [-0.4, -0.2) is 54.2 Å². The van der Waals surface area contributed by atoms with Gasteiger partial charge in [-0.25, -0.2) is 0 Å². The fourth-order valence-corrected chi connectivity index (χ4v) is 2.48.